The highest BCUT2D eigenvalue weighted by molar-refractivity contribution is 5.75. The van der Waals surface area contributed by atoms with E-state index in [4.69, 9.17) is 4.74 Å². The highest BCUT2D eigenvalue weighted by Gasteiger charge is 2.19. The zero-order valence-corrected chi connectivity index (χ0v) is 12.2. The van der Waals surface area contributed by atoms with Gasteiger partial charge in [0.1, 0.15) is 0 Å². The predicted octanol–water partition coefficient (Wildman–Crippen LogP) is 0.668. The van der Waals surface area contributed by atoms with E-state index in [1.54, 1.807) is 7.05 Å². The second-order valence-corrected chi connectivity index (χ2v) is 5.50. The van der Waals surface area contributed by atoms with Gasteiger partial charge >= 0.3 is 0 Å². The number of carbonyl (C=O) groups excluding carboxylic acids is 1. The molecule has 3 N–H and O–H groups in total. The summed E-state index contributed by atoms with van der Waals surface area (Å²) in [5.74, 6) is 0.825. The molecule has 1 rings (SSSR count). The lowest BCUT2D eigenvalue weighted by molar-refractivity contribution is -0.120. The Hall–Kier alpha value is -0.650. The molecule has 0 aromatic carbocycles. The summed E-state index contributed by atoms with van der Waals surface area (Å²) in [6, 6.07) is 0. The van der Waals surface area contributed by atoms with Gasteiger partial charge in [0.15, 0.2) is 0 Å². The molecule has 5 nitrogen and oxygen atoms in total. The maximum atomic E-state index is 11.0. The summed E-state index contributed by atoms with van der Waals surface area (Å²) < 4.78 is 5.72. The largest absolute Gasteiger partial charge is 0.389 e. The highest BCUT2D eigenvalue weighted by atomic mass is 16.5. The zero-order valence-electron chi connectivity index (χ0n) is 12.2. The summed E-state index contributed by atoms with van der Waals surface area (Å²) in [6.45, 7) is 3.71. The Morgan fingerprint density at radius 3 is 2.68 bits per heavy atom. The Morgan fingerprint density at radius 2 is 2.05 bits per heavy atom. The van der Waals surface area contributed by atoms with Crippen LogP contribution in [0.3, 0.4) is 0 Å². The molecule has 19 heavy (non-hydrogen) atoms. The highest BCUT2D eigenvalue weighted by Crippen LogP contribution is 2.25. The summed E-state index contributed by atoms with van der Waals surface area (Å²) in [7, 11) is 1.62. The summed E-state index contributed by atoms with van der Waals surface area (Å²) in [5.41, 5.74) is 0. The molecule has 112 valence electrons. The fraction of sp³-hybridized carbons (Fsp3) is 0.929. The number of aliphatic hydroxyl groups excluding tert-OH is 1. The van der Waals surface area contributed by atoms with Gasteiger partial charge in [0, 0.05) is 26.6 Å². The first kappa shape index (κ1) is 16.4. The Balaban J connectivity index is 1.98. The lowest BCUT2D eigenvalue weighted by atomic mass is 9.89. The molecule has 1 unspecified atom stereocenters. The fourth-order valence-corrected chi connectivity index (χ4v) is 2.30. The zero-order chi connectivity index (χ0) is 14.1. The van der Waals surface area contributed by atoms with Gasteiger partial charge in [-0.25, -0.2) is 0 Å². The van der Waals surface area contributed by atoms with Crippen molar-refractivity contribution in [1.82, 2.24) is 10.6 Å². The third kappa shape index (κ3) is 7.50. The van der Waals surface area contributed by atoms with Crippen molar-refractivity contribution in [2.75, 3.05) is 26.7 Å². The molecule has 0 spiro atoms. The van der Waals surface area contributed by atoms with Crippen molar-refractivity contribution in [2.24, 2.45) is 5.92 Å². The lowest BCUT2D eigenvalue weighted by Gasteiger charge is -2.27. The Morgan fingerprint density at radius 1 is 1.37 bits per heavy atom. The average Bonchev–Trinajstić information content (AvgIpc) is 2.42. The molecular formula is C14H28N2O3. The van der Waals surface area contributed by atoms with Crippen molar-refractivity contribution in [3.8, 4) is 0 Å². The van der Waals surface area contributed by atoms with E-state index >= 15 is 0 Å². The van der Waals surface area contributed by atoms with Gasteiger partial charge in [-0.05, 0) is 31.6 Å². The maximum absolute atomic E-state index is 11.0. The predicted molar refractivity (Wildman–Crippen MR) is 74.9 cm³/mol. The molecule has 1 saturated carbocycles. The molecule has 5 heteroatoms. The van der Waals surface area contributed by atoms with Crippen LogP contribution in [0.15, 0.2) is 0 Å². The maximum Gasteiger partial charge on any atom is 0.221 e. The minimum Gasteiger partial charge on any atom is -0.389 e. The summed E-state index contributed by atoms with van der Waals surface area (Å²) in [5, 5.41) is 15.4. The number of ether oxygens (including phenoxy) is 1. The van der Waals surface area contributed by atoms with Gasteiger partial charge in [0.2, 0.25) is 5.91 Å². The van der Waals surface area contributed by atoms with Crippen LogP contribution in [0.2, 0.25) is 0 Å². The van der Waals surface area contributed by atoms with Crippen molar-refractivity contribution in [3.05, 3.63) is 0 Å². The topological polar surface area (TPSA) is 70.6 Å². The van der Waals surface area contributed by atoms with Crippen molar-refractivity contribution in [1.29, 1.82) is 0 Å². The van der Waals surface area contributed by atoms with E-state index < -0.39 is 6.10 Å². The van der Waals surface area contributed by atoms with Gasteiger partial charge in [-0.2, -0.15) is 0 Å². The van der Waals surface area contributed by atoms with E-state index in [0.717, 1.165) is 18.8 Å². The van der Waals surface area contributed by atoms with Gasteiger partial charge in [0.05, 0.1) is 18.8 Å². The van der Waals surface area contributed by atoms with Crippen molar-refractivity contribution < 1.29 is 14.6 Å². The van der Waals surface area contributed by atoms with Crippen LogP contribution in [-0.2, 0) is 9.53 Å². The number of carbonyl (C=O) groups is 1. The van der Waals surface area contributed by atoms with Crippen LogP contribution >= 0.6 is 0 Å². The number of hydrogen-bond donors (Lipinski definition) is 3. The van der Waals surface area contributed by atoms with Crippen LogP contribution in [0.25, 0.3) is 0 Å². The minimum atomic E-state index is -0.496. The number of aliphatic hydroxyl groups is 1. The second kappa shape index (κ2) is 9.28. The average molecular weight is 272 g/mol. The van der Waals surface area contributed by atoms with Crippen LogP contribution in [0, 0.1) is 5.92 Å². The number of nitrogens with one attached hydrogen (secondary N) is 2. The molecular weight excluding hydrogens is 244 g/mol. The van der Waals surface area contributed by atoms with E-state index in [0.29, 0.717) is 32.2 Å². The molecule has 1 atom stereocenters. The second-order valence-electron chi connectivity index (χ2n) is 5.50. The molecule has 0 aromatic heterocycles. The van der Waals surface area contributed by atoms with Crippen molar-refractivity contribution in [2.45, 2.75) is 51.2 Å². The first-order chi connectivity index (χ1) is 9.11. The standard InChI is InChI=1S/C14H28N2O3/c1-11-3-5-13(6-4-11)19-10-12(17)9-16-8-7-14(18)15-2/h11-13,16-17H,3-10H2,1-2H3,(H,15,18). The summed E-state index contributed by atoms with van der Waals surface area (Å²) >= 11 is 0. The molecule has 0 aromatic rings. The normalized spacial score (nSPS) is 25.0. The first-order valence-electron chi connectivity index (χ1n) is 7.32. The van der Waals surface area contributed by atoms with Crippen LogP contribution in [0.4, 0.5) is 0 Å². The van der Waals surface area contributed by atoms with Crippen LogP contribution in [-0.4, -0.2) is 50.0 Å². The summed E-state index contributed by atoms with van der Waals surface area (Å²) in [6.07, 6.45) is 4.93. The number of rotatable bonds is 8. The Kier molecular flexibility index (Phi) is 8.02. The summed E-state index contributed by atoms with van der Waals surface area (Å²) in [4.78, 5) is 11.0. The van der Waals surface area contributed by atoms with Crippen LogP contribution in [0.5, 0.6) is 0 Å². The van der Waals surface area contributed by atoms with Gasteiger partial charge in [-0.3, -0.25) is 4.79 Å². The third-order valence-electron chi connectivity index (χ3n) is 3.67. The van der Waals surface area contributed by atoms with E-state index in [9.17, 15) is 9.90 Å². The quantitative estimate of drug-likeness (QED) is 0.568. The van der Waals surface area contributed by atoms with E-state index in [1.165, 1.54) is 12.8 Å². The molecule has 1 amide bonds. The minimum absolute atomic E-state index is 0.00886. The number of amides is 1. The molecule has 0 heterocycles. The molecule has 0 saturated heterocycles. The van der Waals surface area contributed by atoms with Crippen molar-refractivity contribution >= 4 is 5.91 Å². The first-order valence-corrected chi connectivity index (χ1v) is 7.32. The molecule has 1 aliphatic carbocycles. The SMILES string of the molecule is CNC(=O)CCNCC(O)COC1CCC(C)CC1. The smallest absolute Gasteiger partial charge is 0.221 e. The molecule has 0 aliphatic heterocycles. The third-order valence-corrected chi connectivity index (χ3v) is 3.67. The molecule has 1 aliphatic rings. The molecule has 0 bridgehead atoms. The van der Waals surface area contributed by atoms with Crippen LogP contribution < -0.4 is 10.6 Å². The number of hydrogen-bond acceptors (Lipinski definition) is 4. The lowest BCUT2D eigenvalue weighted by Crippen LogP contribution is -2.34. The fourth-order valence-electron chi connectivity index (χ4n) is 2.30. The van der Waals surface area contributed by atoms with Gasteiger partial charge in [-0.15, -0.1) is 0 Å². The van der Waals surface area contributed by atoms with Gasteiger partial charge in [-0.1, -0.05) is 6.92 Å². The monoisotopic (exact) mass is 272 g/mol. The van der Waals surface area contributed by atoms with E-state index in [1.807, 2.05) is 0 Å². The van der Waals surface area contributed by atoms with Gasteiger partial charge < -0.3 is 20.5 Å². The van der Waals surface area contributed by atoms with Gasteiger partial charge in [0.25, 0.3) is 0 Å². The Bertz CT molecular complexity index is 253. The Labute approximate surface area is 116 Å². The van der Waals surface area contributed by atoms with E-state index in [2.05, 4.69) is 17.6 Å². The van der Waals surface area contributed by atoms with Crippen LogP contribution in [0.1, 0.15) is 39.0 Å². The van der Waals surface area contributed by atoms with E-state index in [-0.39, 0.29) is 5.91 Å². The molecule has 0 radical (unpaired) electrons. The molecule has 1 fully saturated rings. The van der Waals surface area contributed by atoms with Crippen molar-refractivity contribution in [3.63, 3.8) is 0 Å².